The van der Waals surface area contributed by atoms with Gasteiger partial charge < -0.3 is 5.11 Å². The van der Waals surface area contributed by atoms with Crippen LogP contribution in [0.2, 0.25) is 5.02 Å². The average molecular weight is 208 g/mol. The molecule has 0 atom stereocenters. The van der Waals surface area contributed by atoms with Crippen molar-refractivity contribution >= 4 is 23.6 Å². The Morgan fingerprint density at radius 3 is 2.86 bits per heavy atom. The molecule has 0 aliphatic rings. The van der Waals surface area contributed by atoms with Crippen LogP contribution in [0, 0.1) is 11.3 Å². The van der Waals surface area contributed by atoms with Gasteiger partial charge >= 0.3 is 5.97 Å². The second kappa shape index (κ2) is 4.45. The van der Waals surface area contributed by atoms with Crippen LogP contribution in [-0.4, -0.2) is 11.1 Å². The van der Waals surface area contributed by atoms with Gasteiger partial charge in [0.1, 0.15) is 0 Å². The first-order chi connectivity index (χ1) is 6.63. The van der Waals surface area contributed by atoms with E-state index in [0.29, 0.717) is 16.1 Å². The number of carboxylic acid groups (broad SMARTS) is 1. The summed E-state index contributed by atoms with van der Waals surface area (Å²) in [5, 5.41) is 17.6. The number of carboxylic acids is 1. The smallest absolute Gasteiger partial charge is 0.328 e. The number of hydrogen-bond donors (Lipinski definition) is 1. The van der Waals surface area contributed by atoms with Crippen molar-refractivity contribution in [2.45, 2.75) is 0 Å². The maximum Gasteiger partial charge on any atom is 0.328 e. The largest absolute Gasteiger partial charge is 0.478 e. The zero-order chi connectivity index (χ0) is 10.6. The van der Waals surface area contributed by atoms with Crippen molar-refractivity contribution in [3.63, 3.8) is 0 Å². The maximum absolute atomic E-state index is 10.3. The fraction of sp³-hybridized carbons (Fsp3) is 0. The Kier molecular flexibility index (Phi) is 3.27. The molecule has 1 aromatic carbocycles. The zero-order valence-corrected chi connectivity index (χ0v) is 7.82. The molecule has 0 saturated heterocycles. The SMILES string of the molecule is N#Cc1ccc(Cl)cc1/C=C/C(=O)O. The summed E-state index contributed by atoms with van der Waals surface area (Å²) in [5.41, 5.74) is 0.898. The Balaban J connectivity index is 3.13. The zero-order valence-electron chi connectivity index (χ0n) is 7.07. The molecule has 1 aromatic rings. The highest BCUT2D eigenvalue weighted by atomic mass is 35.5. The molecule has 0 aliphatic heterocycles. The Hall–Kier alpha value is -1.79. The molecule has 0 aliphatic carbocycles. The lowest BCUT2D eigenvalue weighted by Crippen LogP contribution is -1.87. The molecule has 4 heteroatoms. The number of benzene rings is 1. The Morgan fingerprint density at radius 2 is 2.29 bits per heavy atom. The lowest BCUT2D eigenvalue weighted by Gasteiger charge is -1.97. The second-order valence-corrected chi connectivity index (χ2v) is 2.95. The summed E-state index contributed by atoms with van der Waals surface area (Å²) in [5.74, 6) is -1.06. The summed E-state index contributed by atoms with van der Waals surface area (Å²) in [6, 6.07) is 6.61. The number of hydrogen-bond acceptors (Lipinski definition) is 2. The Bertz CT molecular complexity index is 432. The number of halogens is 1. The number of nitriles is 1. The molecule has 0 aromatic heterocycles. The highest BCUT2D eigenvalue weighted by molar-refractivity contribution is 6.30. The van der Waals surface area contributed by atoms with Crippen LogP contribution < -0.4 is 0 Å². The van der Waals surface area contributed by atoms with Gasteiger partial charge in [0.05, 0.1) is 11.6 Å². The van der Waals surface area contributed by atoms with Crippen molar-refractivity contribution in [1.82, 2.24) is 0 Å². The van der Waals surface area contributed by atoms with E-state index in [9.17, 15) is 4.79 Å². The van der Waals surface area contributed by atoms with E-state index in [0.717, 1.165) is 6.08 Å². The summed E-state index contributed by atoms with van der Waals surface area (Å²) < 4.78 is 0. The Labute approximate surface area is 85.9 Å². The summed E-state index contributed by atoms with van der Waals surface area (Å²) in [7, 11) is 0. The number of aliphatic carboxylic acids is 1. The van der Waals surface area contributed by atoms with Gasteiger partial charge in [-0.15, -0.1) is 0 Å². The number of carbonyl (C=O) groups is 1. The minimum Gasteiger partial charge on any atom is -0.478 e. The van der Waals surface area contributed by atoms with Crippen LogP contribution in [0.25, 0.3) is 6.08 Å². The van der Waals surface area contributed by atoms with E-state index in [4.69, 9.17) is 22.0 Å². The first kappa shape index (κ1) is 10.3. The average Bonchev–Trinajstić information content (AvgIpc) is 2.15. The van der Waals surface area contributed by atoms with Crippen molar-refractivity contribution in [3.8, 4) is 6.07 Å². The molecule has 0 bridgehead atoms. The minimum atomic E-state index is -1.06. The highest BCUT2D eigenvalue weighted by Gasteiger charge is 1.99. The van der Waals surface area contributed by atoms with Gasteiger partial charge in [-0.1, -0.05) is 11.6 Å². The Morgan fingerprint density at radius 1 is 1.57 bits per heavy atom. The van der Waals surface area contributed by atoms with Crippen LogP contribution in [0.15, 0.2) is 24.3 Å². The van der Waals surface area contributed by atoms with E-state index in [1.165, 1.54) is 6.08 Å². The molecule has 0 amide bonds. The maximum atomic E-state index is 10.3. The lowest BCUT2D eigenvalue weighted by molar-refractivity contribution is -0.131. The second-order valence-electron chi connectivity index (χ2n) is 2.51. The molecule has 3 nitrogen and oxygen atoms in total. The fourth-order valence-corrected chi connectivity index (χ4v) is 1.11. The minimum absolute atomic E-state index is 0.395. The summed E-state index contributed by atoms with van der Waals surface area (Å²) >= 11 is 5.70. The van der Waals surface area contributed by atoms with Crippen molar-refractivity contribution in [1.29, 1.82) is 5.26 Å². The van der Waals surface area contributed by atoms with Crippen LogP contribution in [-0.2, 0) is 4.79 Å². The van der Waals surface area contributed by atoms with Crippen molar-refractivity contribution < 1.29 is 9.90 Å². The molecule has 0 unspecified atom stereocenters. The molecule has 1 rings (SSSR count). The third-order valence-electron chi connectivity index (χ3n) is 1.54. The molecule has 0 fully saturated rings. The fourth-order valence-electron chi connectivity index (χ4n) is 0.934. The van der Waals surface area contributed by atoms with Gasteiger partial charge in [-0.2, -0.15) is 5.26 Å². The molecule has 0 spiro atoms. The third-order valence-corrected chi connectivity index (χ3v) is 1.77. The van der Waals surface area contributed by atoms with Crippen LogP contribution in [0.1, 0.15) is 11.1 Å². The van der Waals surface area contributed by atoms with E-state index >= 15 is 0 Å². The van der Waals surface area contributed by atoms with Crippen LogP contribution in [0.3, 0.4) is 0 Å². The molecule has 0 saturated carbocycles. The van der Waals surface area contributed by atoms with Crippen LogP contribution >= 0.6 is 11.6 Å². The number of rotatable bonds is 2. The van der Waals surface area contributed by atoms with Crippen LogP contribution in [0.4, 0.5) is 0 Å². The van der Waals surface area contributed by atoms with Crippen molar-refractivity contribution in [3.05, 3.63) is 40.4 Å². The molecule has 1 N–H and O–H groups in total. The van der Waals surface area contributed by atoms with Gasteiger partial charge in [0.15, 0.2) is 0 Å². The van der Waals surface area contributed by atoms with E-state index in [2.05, 4.69) is 0 Å². The van der Waals surface area contributed by atoms with E-state index in [1.54, 1.807) is 18.2 Å². The first-order valence-corrected chi connectivity index (χ1v) is 4.12. The number of nitrogens with zero attached hydrogens (tertiary/aromatic N) is 1. The van der Waals surface area contributed by atoms with Gasteiger partial charge in [-0.05, 0) is 29.8 Å². The molecule has 0 heterocycles. The molecular formula is C10H6ClNO2. The quantitative estimate of drug-likeness (QED) is 0.757. The first-order valence-electron chi connectivity index (χ1n) is 3.74. The van der Waals surface area contributed by atoms with E-state index in [-0.39, 0.29) is 0 Å². The van der Waals surface area contributed by atoms with Gasteiger partial charge in [-0.25, -0.2) is 4.79 Å². The van der Waals surface area contributed by atoms with Gasteiger partial charge in [-0.3, -0.25) is 0 Å². The molecule has 14 heavy (non-hydrogen) atoms. The lowest BCUT2D eigenvalue weighted by atomic mass is 10.1. The van der Waals surface area contributed by atoms with E-state index < -0.39 is 5.97 Å². The van der Waals surface area contributed by atoms with Gasteiger partial charge in [0.2, 0.25) is 0 Å². The van der Waals surface area contributed by atoms with E-state index in [1.807, 2.05) is 6.07 Å². The van der Waals surface area contributed by atoms with Gasteiger partial charge in [0.25, 0.3) is 0 Å². The molecule has 70 valence electrons. The van der Waals surface area contributed by atoms with Crippen molar-refractivity contribution in [2.24, 2.45) is 0 Å². The predicted molar refractivity (Wildman–Crippen MR) is 52.8 cm³/mol. The summed E-state index contributed by atoms with van der Waals surface area (Å²) in [4.78, 5) is 10.3. The summed E-state index contributed by atoms with van der Waals surface area (Å²) in [6.07, 6.45) is 2.30. The van der Waals surface area contributed by atoms with Gasteiger partial charge in [0, 0.05) is 11.1 Å². The van der Waals surface area contributed by atoms with Crippen LogP contribution in [0.5, 0.6) is 0 Å². The molecular weight excluding hydrogens is 202 g/mol. The van der Waals surface area contributed by atoms with Crippen molar-refractivity contribution in [2.75, 3.05) is 0 Å². The summed E-state index contributed by atoms with van der Waals surface area (Å²) in [6.45, 7) is 0. The standard InChI is InChI=1S/C10H6ClNO2/c11-9-3-1-8(6-12)7(5-9)2-4-10(13)14/h1-5H,(H,13,14)/b4-2+. The predicted octanol–water partition coefficient (Wildman–Crippen LogP) is 2.31. The monoisotopic (exact) mass is 207 g/mol. The topological polar surface area (TPSA) is 61.1 Å². The normalized spacial score (nSPS) is 10.0. The molecule has 0 radical (unpaired) electrons. The third kappa shape index (κ3) is 2.61. The highest BCUT2D eigenvalue weighted by Crippen LogP contribution is 2.16.